The Morgan fingerprint density at radius 3 is 2.70 bits per heavy atom. The molecule has 2 aromatic heterocycles. The van der Waals surface area contributed by atoms with Crippen LogP contribution in [-0.2, 0) is 28.0 Å². The molecule has 0 bridgehead atoms. The lowest BCUT2D eigenvalue weighted by molar-refractivity contribution is -0.120. The van der Waals surface area contributed by atoms with E-state index in [0.717, 1.165) is 26.0 Å². The molecule has 3 heterocycles. The quantitative estimate of drug-likeness (QED) is 0.724. The van der Waals surface area contributed by atoms with Crippen LogP contribution < -0.4 is 10.0 Å². The Bertz CT molecular complexity index is 1110. The van der Waals surface area contributed by atoms with Crippen LogP contribution in [-0.4, -0.2) is 41.5 Å². The molecule has 162 valence electrons. The zero-order chi connectivity index (χ0) is 22.2. The highest BCUT2D eigenvalue weighted by molar-refractivity contribution is 7.87. The van der Waals surface area contributed by atoms with Gasteiger partial charge in [-0.05, 0) is 39.2 Å². The van der Waals surface area contributed by atoms with E-state index in [1.165, 1.54) is 18.4 Å². The fourth-order valence-corrected chi connectivity index (χ4v) is 6.12. The number of likely N-dealkylation sites (N-methyl/N-ethyl adjacent to an activating group) is 1. The summed E-state index contributed by atoms with van der Waals surface area (Å²) in [5.74, 6) is -0.450. The second kappa shape index (κ2) is 8.47. The number of nitriles is 1. The van der Waals surface area contributed by atoms with Crippen LogP contribution in [0.15, 0.2) is 6.20 Å². The molecule has 1 aliphatic rings. The summed E-state index contributed by atoms with van der Waals surface area (Å²) in [6.07, 6.45) is 2.75. The third-order valence-electron chi connectivity index (χ3n) is 5.47. The Morgan fingerprint density at radius 1 is 1.43 bits per heavy atom. The van der Waals surface area contributed by atoms with Crippen molar-refractivity contribution in [3.63, 3.8) is 0 Å². The van der Waals surface area contributed by atoms with Gasteiger partial charge in [-0.3, -0.25) is 9.48 Å². The van der Waals surface area contributed by atoms with Gasteiger partial charge in [0.05, 0.1) is 17.3 Å². The highest BCUT2D eigenvalue weighted by atomic mass is 32.2. The average Bonchev–Trinajstić information content (AvgIpc) is 3.21. The van der Waals surface area contributed by atoms with Crippen LogP contribution in [0.3, 0.4) is 0 Å². The largest absolute Gasteiger partial charge is 0.315 e. The molecule has 1 aliphatic heterocycles. The van der Waals surface area contributed by atoms with Crippen LogP contribution in [0.4, 0.5) is 5.00 Å². The number of rotatable bonds is 5. The molecule has 2 atom stereocenters. The Kier molecular flexibility index (Phi) is 6.33. The molecular formula is C19H26N6O3S2. The molecule has 2 N–H and O–H groups in total. The van der Waals surface area contributed by atoms with Crippen molar-refractivity contribution in [3.8, 4) is 6.07 Å². The normalized spacial score (nSPS) is 21.3. The van der Waals surface area contributed by atoms with E-state index in [1.807, 2.05) is 33.9 Å². The summed E-state index contributed by atoms with van der Waals surface area (Å²) in [7, 11) is -2.48. The van der Waals surface area contributed by atoms with Crippen LogP contribution in [0.25, 0.3) is 0 Å². The predicted molar refractivity (Wildman–Crippen MR) is 115 cm³/mol. The molecule has 0 spiro atoms. The molecule has 11 heteroatoms. The second-order valence-corrected chi connectivity index (χ2v) is 10.3. The summed E-state index contributed by atoms with van der Waals surface area (Å²) in [5, 5.41) is 17.2. The first kappa shape index (κ1) is 22.4. The first-order valence-electron chi connectivity index (χ1n) is 9.75. The van der Waals surface area contributed by atoms with Crippen molar-refractivity contribution in [2.75, 3.05) is 12.4 Å². The number of aromatic nitrogens is 2. The highest BCUT2D eigenvalue weighted by Crippen LogP contribution is 2.34. The SMILES string of the molecule is CCc1c(C)sc(NC(=O)[C@H]2C[C@@H](c3cn(CC)nc3C)NS(=O)(=O)N2C)c1C#N. The maximum absolute atomic E-state index is 13.1. The summed E-state index contributed by atoms with van der Waals surface area (Å²) in [5.41, 5.74) is 2.83. The van der Waals surface area contributed by atoms with Crippen molar-refractivity contribution in [2.45, 2.75) is 59.2 Å². The van der Waals surface area contributed by atoms with Gasteiger partial charge in [-0.15, -0.1) is 11.3 Å². The van der Waals surface area contributed by atoms with Gasteiger partial charge in [0.25, 0.3) is 10.2 Å². The topological polar surface area (TPSA) is 120 Å². The highest BCUT2D eigenvalue weighted by Gasteiger charge is 2.41. The molecule has 0 aromatic carbocycles. The number of thiophene rings is 1. The van der Waals surface area contributed by atoms with E-state index in [2.05, 4.69) is 21.2 Å². The maximum Gasteiger partial charge on any atom is 0.280 e. The third kappa shape index (κ3) is 4.00. The van der Waals surface area contributed by atoms with Crippen molar-refractivity contribution in [3.05, 3.63) is 33.5 Å². The van der Waals surface area contributed by atoms with E-state index in [4.69, 9.17) is 0 Å². The van der Waals surface area contributed by atoms with Gasteiger partial charge < -0.3 is 5.32 Å². The first-order chi connectivity index (χ1) is 14.1. The molecule has 0 unspecified atom stereocenters. The summed E-state index contributed by atoms with van der Waals surface area (Å²) >= 11 is 1.34. The van der Waals surface area contributed by atoms with E-state index in [1.54, 1.807) is 4.68 Å². The molecule has 0 radical (unpaired) electrons. The maximum atomic E-state index is 13.1. The molecular weight excluding hydrogens is 424 g/mol. The number of carbonyl (C=O) groups is 1. The van der Waals surface area contributed by atoms with E-state index in [9.17, 15) is 18.5 Å². The number of carbonyl (C=O) groups excluding carboxylic acids is 1. The summed E-state index contributed by atoms with van der Waals surface area (Å²) < 4.78 is 30.8. The molecule has 0 saturated carbocycles. The minimum absolute atomic E-state index is 0.255. The fourth-order valence-electron chi connectivity index (χ4n) is 3.76. The van der Waals surface area contributed by atoms with Gasteiger partial charge in [0.1, 0.15) is 17.1 Å². The Balaban J connectivity index is 1.91. The Hall–Kier alpha value is -2.26. The lowest BCUT2D eigenvalue weighted by atomic mass is 10.00. The summed E-state index contributed by atoms with van der Waals surface area (Å²) in [6, 6.07) is 0.690. The van der Waals surface area contributed by atoms with Gasteiger partial charge in [-0.1, -0.05) is 6.92 Å². The number of nitrogens with one attached hydrogen (secondary N) is 2. The van der Waals surface area contributed by atoms with E-state index >= 15 is 0 Å². The van der Waals surface area contributed by atoms with Crippen molar-refractivity contribution in [1.82, 2.24) is 18.8 Å². The first-order valence-corrected chi connectivity index (χ1v) is 12.0. The zero-order valence-corrected chi connectivity index (χ0v) is 19.3. The third-order valence-corrected chi connectivity index (χ3v) is 8.12. The minimum atomic E-state index is -3.86. The smallest absolute Gasteiger partial charge is 0.280 e. The molecule has 1 amide bonds. The number of amides is 1. The predicted octanol–water partition coefficient (Wildman–Crippen LogP) is 2.23. The van der Waals surface area contributed by atoms with Crippen molar-refractivity contribution < 1.29 is 13.2 Å². The van der Waals surface area contributed by atoms with E-state index < -0.39 is 28.2 Å². The fraction of sp³-hybridized carbons (Fsp3) is 0.526. The van der Waals surface area contributed by atoms with Crippen LogP contribution in [0.1, 0.15) is 53.6 Å². The molecule has 1 saturated heterocycles. The average molecular weight is 451 g/mol. The van der Waals surface area contributed by atoms with E-state index in [-0.39, 0.29) is 6.42 Å². The molecule has 1 fully saturated rings. The molecule has 9 nitrogen and oxygen atoms in total. The summed E-state index contributed by atoms with van der Waals surface area (Å²) in [6.45, 7) is 8.30. The van der Waals surface area contributed by atoms with Gasteiger partial charge in [0.15, 0.2) is 0 Å². The molecule has 0 aliphatic carbocycles. The summed E-state index contributed by atoms with van der Waals surface area (Å²) in [4.78, 5) is 14.1. The number of nitrogens with zero attached hydrogens (tertiary/aromatic N) is 4. The number of hydrogen-bond acceptors (Lipinski definition) is 6. The zero-order valence-electron chi connectivity index (χ0n) is 17.7. The monoisotopic (exact) mass is 450 g/mol. The second-order valence-electron chi connectivity index (χ2n) is 7.26. The number of hydrogen-bond donors (Lipinski definition) is 2. The van der Waals surface area contributed by atoms with Gasteiger partial charge in [-0.25, -0.2) is 0 Å². The van der Waals surface area contributed by atoms with Crippen molar-refractivity contribution >= 4 is 32.5 Å². The molecule has 30 heavy (non-hydrogen) atoms. The van der Waals surface area contributed by atoms with Gasteiger partial charge >= 0.3 is 0 Å². The minimum Gasteiger partial charge on any atom is -0.315 e. The lowest BCUT2D eigenvalue weighted by Crippen LogP contribution is -2.56. The van der Waals surface area contributed by atoms with Crippen LogP contribution in [0.5, 0.6) is 0 Å². The van der Waals surface area contributed by atoms with Crippen LogP contribution in [0.2, 0.25) is 0 Å². The van der Waals surface area contributed by atoms with E-state index in [0.29, 0.717) is 23.5 Å². The number of anilines is 1. The Morgan fingerprint density at radius 2 is 2.13 bits per heavy atom. The van der Waals surface area contributed by atoms with Crippen molar-refractivity contribution in [1.29, 1.82) is 5.26 Å². The lowest BCUT2D eigenvalue weighted by Gasteiger charge is -2.35. The van der Waals surface area contributed by atoms with Crippen molar-refractivity contribution in [2.24, 2.45) is 0 Å². The standard InChI is InChI=1S/C19H26N6O3S2/c1-6-13-12(4)29-19(14(13)9-20)21-18(26)17-8-16(23-30(27,28)24(17)5)15-10-25(7-2)22-11(15)3/h10,16-17,23H,6-8H2,1-5H3,(H,21,26)/t16-,17+/m0/s1. The van der Waals surface area contributed by atoms with Crippen LogP contribution >= 0.6 is 11.3 Å². The van der Waals surface area contributed by atoms with Gasteiger partial charge in [0, 0.05) is 30.2 Å². The molecule has 2 aromatic rings. The van der Waals surface area contributed by atoms with Gasteiger partial charge in [-0.2, -0.15) is 27.8 Å². The van der Waals surface area contributed by atoms with Gasteiger partial charge in [0.2, 0.25) is 5.91 Å². The molecule has 3 rings (SSSR count). The Labute approximate surface area is 180 Å². The van der Waals surface area contributed by atoms with Crippen LogP contribution in [0, 0.1) is 25.2 Å². The number of aryl methyl sites for hydroxylation is 3.